The standard InChI is InChI=1S/C8H15F2NO3/c9-7(10)6-11(4-5-12)3-1-2-8(13)14/h7,12H,1-6H2,(H,13,14). The van der Waals surface area contributed by atoms with E-state index in [1.165, 1.54) is 4.90 Å². The Morgan fingerprint density at radius 1 is 1.36 bits per heavy atom. The number of nitrogens with zero attached hydrogens (tertiary/aromatic N) is 1. The van der Waals surface area contributed by atoms with E-state index < -0.39 is 18.9 Å². The molecule has 0 aliphatic carbocycles. The average Bonchev–Trinajstić information content (AvgIpc) is 2.02. The fourth-order valence-electron chi connectivity index (χ4n) is 1.08. The maximum absolute atomic E-state index is 12.0. The Labute approximate surface area is 81.1 Å². The fourth-order valence-corrected chi connectivity index (χ4v) is 1.08. The molecule has 0 radical (unpaired) electrons. The molecule has 6 heteroatoms. The van der Waals surface area contributed by atoms with Gasteiger partial charge in [0, 0.05) is 13.0 Å². The van der Waals surface area contributed by atoms with Crippen LogP contribution in [0.2, 0.25) is 0 Å². The molecule has 2 N–H and O–H groups in total. The zero-order valence-corrected chi connectivity index (χ0v) is 7.83. The largest absolute Gasteiger partial charge is 0.481 e. The molecule has 0 rings (SSSR count). The number of carboxylic acid groups (broad SMARTS) is 1. The maximum Gasteiger partial charge on any atom is 0.303 e. The van der Waals surface area contributed by atoms with Crippen LogP contribution in [0.5, 0.6) is 0 Å². The molecule has 0 aliphatic heterocycles. The van der Waals surface area contributed by atoms with Crippen LogP contribution in [0.25, 0.3) is 0 Å². The van der Waals surface area contributed by atoms with Gasteiger partial charge in [0.2, 0.25) is 0 Å². The van der Waals surface area contributed by atoms with E-state index in [1.54, 1.807) is 0 Å². The highest BCUT2D eigenvalue weighted by atomic mass is 19.3. The van der Waals surface area contributed by atoms with Crippen LogP contribution in [-0.4, -0.2) is 53.7 Å². The van der Waals surface area contributed by atoms with Crippen LogP contribution >= 0.6 is 0 Å². The summed E-state index contributed by atoms with van der Waals surface area (Å²) in [5, 5.41) is 16.9. The Morgan fingerprint density at radius 3 is 2.43 bits per heavy atom. The van der Waals surface area contributed by atoms with Gasteiger partial charge in [0.15, 0.2) is 0 Å². The lowest BCUT2D eigenvalue weighted by atomic mass is 10.3. The average molecular weight is 211 g/mol. The lowest BCUT2D eigenvalue weighted by Crippen LogP contribution is -2.32. The van der Waals surface area contributed by atoms with Crippen molar-refractivity contribution in [1.82, 2.24) is 4.90 Å². The van der Waals surface area contributed by atoms with Crippen LogP contribution in [0, 0.1) is 0 Å². The van der Waals surface area contributed by atoms with E-state index in [0.29, 0.717) is 6.42 Å². The summed E-state index contributed by atoms with van der Waals surface area (Å²) < 4.78 is 23.9. The summed E-state index contributed by atoms with van der Waals surface area (Å²) in [6.07, 6.45) is -2.17. The molecule has 0 atom stereocenters. The third kappa shape index (κ3) is 7.88. The number of carboxylic acids is 1. The van der Waals surface area contributed by atoms with Gasteiger partial charge in [-0.05, 0) is 13.0 Å². The minimum absolute atomic E-state index is 0.0365. The molecule has 0 bridgehead atoms. The summed E-state index contributed by atoms with van der Waals surface area (Å²) in [6.45, 7) is -0.179. The van der Waals surface area contributed by atoms with Crippen molar-refractivity contribution in [3.63, 3.8) is 0 Å². The number of aliphatic hydroxyl groups excluding tert-OH is 1. The van der Waals surface area contributed by atoms with Gasteiger partial charge < -0.3 is 10.2 Å². The monoisotopic (exact) mass is 211 g/mol. The molecule has 0 aromatic carbocycles. The molecule has 0 aliphatic rings. The molecule has 84 valence electrons. The topological polar surface area (TPSA) is 60.8 Å². The van der Waals surface area contributed by atoms with Gasteiger partial charge in [-0.2, -0.15) is 0 Å². The van der Waals surface area contributed by atoms with Gasteiger partial charge in [0.25, 0.3) is 6.43 Å². The number of aliphatic hydroxyl groups is 1. The van der Waals surface area contributed by atoms with Gasteiger partial charge in [-0.15, -0.1) is 0 Å². The molecule has 0 saturated heterocycles. The number of carbonyl (C=O) groups is 1. The minimum Gasteiger partial charge on any atom is -0.481 e. The first-order valence-corrected chi connectivity index (χ1v) is 4.39. The van der Waals surface area contributed by atoms with Crippen molar-refractivity contribution in [2.75, 3.05) is 26.2 Å². The van der Waals surface area contributed by atoms with E-state index in [-0.39, 0.29) is 26.1 Å². The van der Waals surface area contributed by atoms with Gasteiger partial charge in [-0.25, -0.2) is 8.78 Å². The Balaban J connectivity index is 3.66. The fraction of sp³-hybridized carbons (Fsp3) is 0.875. The van der Waals surface area contributed by atoms with Crippen molar-refractivity contribution >= 4 is 5.97 Å². The number of rotatable bonds is 8. The van der Waals surface area contributed by atoms with Crippen molar-refractivity contribution in [3.8, 4) is 0 Å². The predicted molar refractivity (Wildman–Crippen MR) is 46.4 cm³/mol. The first-order valence-electron chi connectivity index (χ1n) is 4.39. The van der Waals surface area contributed by atoms with Crippen LogP contribution in [0.1, 0.15) is 12.8 Å². The van der Waals surface area contributed by atoms with Crippen LogP contribution in [-0.2, 0) is 4.79 Å². The van der Waals surface area contributed by atoms with Crippen LogP contribution in [0.15, 0.2) is 0 Å². The molecule has 0 saturated carbocycles. The number of aliphatic carboxylic acids is 1. The molecule has 14 heavy (non-hydrogen) atoms. The van der Waals surface area contributed by atoms with E-state index in [0.717, 1.165) is 0 Å². The quantitative estimate of drug-likeness (QED) is 0.610. The molecule has 0 aromatic heterocycles. The summed E-state index contributed by atoms with van der Waals surface area (Å²) in [6, 6.07) is 0. The molecule has 0 heterocycles. The second-order valence-electron chi connectivity index (χ2n) is 2.91. The third-order valence-corrected chi connectivity index (χ3v) is 1.68. The first-order chi connectivity index (χ1) is 6.56. The molecule has 0 fully saturated rings. The highest BCUT2D eigenvalue weighted by Crippen LogP contribution is 2.00. The maximum atomic E-state index is 12.0. The highest BCUT2D eigenvalue weighted by Gasteiger charge is 2.11. The minimum atomic E-state index is -2.45. The SMILES string of the molecule is O=C(O)CCCN(CCO)CC(F)F. The van der Waals surface area contributed by atoms with Crippen molar-refractivity contribution in [2.24, 2.45) is 0 Å². The van der Waals surface area contributed by atoms with Gasteiger partial charge >= 0.3 is 5.97 Å². The van der Waals surface area contributed by atoms with Gasteiger partial charge in [0.1, 0.15) is 0 Å². The molecular formula is C8H15F2NO3. The number of hydrogen-bond acceptors (Lipinski definition) is 3. The molecular weight excluding hydrogens is 196 g/mol. The number of hydrogen-bond donors (Lipinski definition) is 2. The van der Waals surface area contributed by atoms with E-state index in [1.807, 2.05) is 0 Å². The zero-order chi connectivity index (χ0) is 11.0. The van der Waals surface area contributed by atoms with Crippen LogP contribution < -0.4 is 0 Å². The summed E-state index contributed by atoms with van der Waals surface area (Å²) in [5.41, 5.74) is 0. The smallest absolute Gasteiger partial charge is 0.303 e. The second-order valence-corrected chi connectivity index (χ2v) is 2.91. The lowest BCUT2D eigenvalue weighted by molar-refractivity contribution is -0.137. The van der Waals surface area contributed by atoms with Crippen molar-refractivity contribution in [3.05, 3.63) is 0 Å². The predicted octanol–water partition coefficient (Wildman–Crippen LogP) is 0.411. The molecule has 0 amide bonds. The Hall–Kier alpha value is -0.750. The summed E-state index contributed by atoms with van der Waals surface area (Å²) >= 11 is 0. The number of halogens is 2. The van der Waals surface area contributed by atoms with E-state index in [9.17, 15) is 13.6 Å². The van der Waals surface area contributed by atoms with Crippen molar-refractivity contribution in [2.45, 2.75) is 19.3 Å². The number of alkyl halides is 2. The zero-order valence-electron chi connectivity index (χ0n) is 7.83. The lowest BCUT2D eigenvalue weighted by Gasteiger charge is -2.19. The van der Waals surface area contributed by atoms with Crippen LogP contribution in [0.3, 0.4) is 0 Å². The van der Waals surface area contributed by atoms with Gasteiger partial charge in [-0.1, -0.05) is 0 Å². The molecule has 4 nitrogen and oxygen atoms in total. The Morgan fingerprint density at radius 2 is 2.00 bits per heavy atom. The summed E-state index contributed by atoms with van der Waals surface area (Å²) in [5.74, 6) is -0.939. The third-order valence-electron chi connectivity index (χ3n) is 1.68. The van der Waals surface area contributed by atoms with E-state index >= 15 is 0 Å². The Bertz CT molecular complexity index is 167. The van der Waals surface area contributed by atoms with Crippen molar-refractivity contribution in [1.29, 1.82) is 0 Å². The van der Waals surface area contributed by atoms with E-state index in [4.69, 9.17) is 10.2 Å². The van der Waals surface area contributed by atoms with Gasteiger partial charge in [-0.3, -0.25) is 9.69 Å². The van der Waals surface area contributed by atoms with E-state index in [2.05, 4.69) is 0 Å². The summed E-state index contributed by atoms with van der Waals surface area (Å²) in [4.78, 5) is 11.5. The van der Waals surface area contributed by atoms with Gasteiger partial charge in [0.05, 0.1) is 13.2 Å². The molecule has 0 aromatic rings. The highest BCUT2D eigenvalue weighted by molar-refractivity contribution is 5.66. The normalized spacial score (nSPS) is 11.2. The Kier molecular flexibility index (Phi) is 7.23. The second kappa shape index (κ2) is 7.64. The van der Waals surface area contributed by atoms with Crippen molar-refractivity contribution < 1.29 is 23.8 Å². The molecule has 0 unspecified atom stereocenters. The summed E-state index contributed by atoms with van der Waals surface area (Å²) in [7, 11) is 0. The molecule has 0 spiro atoms. The first kappa shape index (κ1) is 13.2. The van der Waals surface area contributed by atoms with Crippen LogP contribution in [0.4, 0.5) is 8.78 Å².